The van der Waals surface area contributed by atoms with Gasteiger partial charge in [-0.25, -0.2) is 9.00 Å². The maximum absolute atomic E-state index is 13.0. The van der Waals surface area contributed by atoms with E-state index in [1.54, 1.807) is 42.7 Å². The summed E-state index contributed by atoms with van der Waals surface area (Å²) >= 11 is -1.65. The molecular formula is C23H20F3NO5S. The molecule has 3 rings (SSSR count). The van der Waals surface area contributed by atoms with Crippen LogP contribution in [0, 0.1) is 6.92 Å². The number of ketones is 1. The predicted molar refractivity (Wildman–Crippen MR) is 115 cm³/mol. The number of nitrogens with zero attached hydrogens (tertiary/aromatic N) is 1. The number of carbonyl (C=O) groups excluding carboxylic acids is 2. The zero-order valence-electron chi connectivity index (χ0n) is 17.9. The third-order valence-corrected chi connectivity index (χ3v) is 5.86. The van der Waals surface area contributed by atoms with E-state index in [2.05, 4.69) is 0 Å². The molecule has 2 aromatic carbocycles. The van der Waals surface area contributed by atoms with Crippen LogP contribution in [0.25, 0.3) is 16.9 Å². The highest BCUT2D eigenvalue weighted by Gasteiger charge is 2.30. The Hall–Kier alpha value is -3.24. The van der Waals surface area contributed by atoms with Crippen LogP contribution in [0.15, 0.2) is 59.5 Å². The molecule has 0 N–H and O–H groups in total. The molecule has 3 aromatic rings. The zero-order chi connectivity index (χ0) is 24.3. The van der Waals surface area contributed by atoms with E-state index in [4.69, 9.17) is 8.92 Å². The summed E-state index contributed by atoms with van der Waals surface area (Å²) in [5, 5.41) is 0. The molecule has 10 heteroatoms. The molecule has 0 radical (unpaired) electrons. The summed E-state index contributed by atoms with van der Waals surface area (Å²) in [5.41, 5.74) is 1.00. The fourth-order valence-electron chi connectivity index (χ4n) is 3.32. The normalized spacial score (nSPS) is 12.4. The first kappa shape index (κ1) is 24.4. The van der Waals surface area contributed by atoms with Crippen molar-refractivity contribution in [1.82, 2.24) is 4.57 Å². The lowest BCUT2D eigenvalue weighted by Gasteiger charge is -2.14. The summed E-state index contributed by atoms with van der Waals surface area (Å²) in [6.45, 7) is 3.18. The monoisotopic (exact) mass is 479 g/mol. The predicted octanol–water partition coefficient (Wildman–Crippen LogP) is 4.89. The molecule has 0 amide bonds. The Morgan fingerprint density at radius 2 is 1.64 bits per heavy atom. The van der Waals surface area contributed by atoms with Crippen LogP contribution in [-0.4, -0.2) is 34.2 Å². The topological polar surface area (TPSA) is 74.6 Å². The van der Waals surface area contributed by atoms with Gasteiger partial charge in [-0.3, -0.25) is 8.98 Å². The molecule has 0 saturated heterocycles. The smallest absolute Gasteiger partial charge is 0.416 e. The van der Waals surface area contributed by atoms with Gasteiger partial charge in [0.1, 0.15) is 0 Å². The Kier molecular flexibility index (Phi) is 7.19. The third kappa shape index (κ3) is 5.07. The molecule has 33 heavy (non-hydrogen) atoms. The molecule has 0 aliphatic carbocycles. The maximum atomic E-state index is 13.0. The number of hydrogen-bond acceptors (Lipinski definition) is 5. The van der Waals surface area contributed by atoms with Gasteiger partial charge in [0.2, 0.25) is 0 Å². The first-order valence-corrected chi connectivity index (χ1v) is 10.8. The summed E-state index contributed by atoms with van der Waals surface area (Å²) in [6.07, 6.45) is -4.50. The number of esters is 1. The molecule has 0 aliphatic rings. The first-order chi connectivity index (χ1) is 15.6. The lowest BCUT2D eigenvalue weighted by Crippen LogP contribution is -2.18. The molecule has 0 fully saturated rings. The summed E-state index contributed by atoms with van der Waals surface area (Å²) < 4.78 is 62.1. The van der Waals surface area contributed by atoms with Crippen molar-refractivity contribution in [3.05, 3.63) is 71.4 Å². The fraction of sp³-hybridized carbons (Fsp3) is 0.217. The van der Waals surface area contributed by atoms with Crippen molar-refractivity contribution in [2.75, 3.05) is 13.7 Å². The lowest BCUT2D eigenvalue weighted by molar-refractivity contribution is -0.138. The number of ether oxygens (including phenoxy) is 1. The van der Waals surface area contributed by atoms with Crippen molar-refractivity contribution in [2.45, 2.75) is 24.9 Å². The zero-order valence-corrected chi connectivity index (χ0v) is 18.8. The second-order valence-electron chi connectivity index (χ2n) is 6.88. The van der Waals surface area contributed by atoms with E-state index in [0.29, 0.717) is 27.5 Å². The van der Waals surface area contributed by atoms with Gasteiger partial charge in [0.25, 0.3) is 5.78 Å². The molecule has 1 heterocycles. The molecule has 1 unspecified atom stereocenters. The lowest BCUT2D eigenvalue weighted by atomic mass is 10.1. The van der Waals surface area contributed by atoms with Crippen molar-refractivity contribution in [1.29, 1.82) is 0 Å². The molecular weight excluding hydrogens is 459 g/mol. The van der Waals surface area contributed by atoms with E-state index in [1.165, 1.54) is 25.3 Å². The number of carbonyl (C=O) groups is 2. The van der Waals surface area contributed by atoms with E-state index < -0.39 is 34.6 Å². The van der Waals surface area contributed by atoms with Gasteiger partial charge in [0.15, 0.2) is 11.1 Å². The van der Waals surface area contributed by atoms with Gasteiger partial charge in [-0.1, -0.05) is 12.1 Å². The van der Waals surface area contributed by atoms with Crippen LogP contribution in [0.1, 0.15) is 28.5 Å². The molecule has 0 aliphatic heterocycles. The molecule has 0 spiro atoms. The highest BCUT2D eigenvalue weighted by atomic mass is 32.2. The Balaban J connectivity index is 2.17. The van der Waals surface area contributed by atoms with Crippen LogP contribution in [0.4, 0.5) is 13.2 Å². The SMILES string of the molecule is CCOC(=O)C(=O)c1cc(-c2ccc(S(=O)OC)cc2)n(-c2ccc(C(F)(F)F)cc2)c1C. The van der Waals surface area contributed by atoms with Gasteiger partial charge < -0.3 is 9.30 Å². The van der Waals surface area contributed by atoms with Crippen molar-refractivity contribution in [2.24, 2.45) is 0 Å². The summed E-state index contributed by atoms with van der Waals surface area (Å²) in [6, 6.07) is 12.3. The van der Waals surface area contributed by atoms with E-state index in [9.17, 15) is 27.0 Å². The Morgan fingerprint density at radius 3 is 2.15 bits per heavy atom. The van der Waals surface area contributed by atoms with Gasteiger partial charge >= 0.3 is 12.1 Å². The fourth-order valence-corrected chi connectivity index (χ4v) is 3.87. The minimum Gasteiger partial charge on any atom is -0.460 e. The largest absolute Gasteiger partial charge is 0.460 e. The van der Waals surface area contributed by atoms with Gasteiger partial charge in [0, 0.05) is 11.4 Å². The number of halogens is 3. The average Bonchev–Trinajstić information content (AvgIpc) is 3.14. The number of alkyl halides is 3. The number of Topliss-reactive ketones (excluding diaryl/α,β-unsaturated/α-hetero) is 1. The highest BCUT2D eigenvalue weighted by Crippen LogP contribution is 2.33. The van der Waals surface area contributed by atoms with E-state index >= 15 is 0 Å². The average molecular weight is 479 g/mol. The third-order valence-electron chi connectivity index (χ3n) is 4.90. The first-order valence-electron chi connectivity index (χ1n) is 9.76. The van der Waals surface area contributed by atoms with Crippen molar-refractivity contribution >= 4 is 22.8 Å². The van der Waals surface area contributed by atoms with Crippen LogP contribution in [0.2, 0.25) is 0 Å². The molecule has 0 saturated carbocycles. The molecule has 6 nitrogen and oxygen atoms in total. The van der Waals surface area contributed by atoms with Crippen LogP contribution in [0.5, 0.6) is 0 Å². The second kappa shape index (κ2) is 9.72. The minimum absolute atomic E-state index is 0.0220. The Morgan fingerprint density at radius 1 is 1.03 bits per heavy atom. The number of rotatable bonds is 7. The Labute approximate surface area is 190 Å². The summed E-state index contributed by atoms with van der Waals surface area (Å²) in [7, 11) is 1.30. The van der Waals surface area contributed by atoms with Crippen molar-refractivity contribution < 1.29 is 35.9 Å². The van der Waals surface area contributed by atoms with Crippen LogP contribution in [-0.2, 0) is 31.0 Å². The van der Waals surface area contributed by atoms with Crippen LogP contribution in [0.3, 0.4) is 0 Å². The van der Waals surface area contributed by atoms with E-state index in [0.717, 1.165) is 12.1 Å². The number of hydrogen-bond donors (Lipinski definition) is 0. The highest BCUT2D eigenvalue weighted by molar-refractivity contribution is 7.80. The van der Waals surface area contributed by atoms with Gasteiger partial charge in [0.05, 0.1) is 35.4 Å². The van der Waals surface area contributed by atoms with Gasteiger partial charge in [-0.05, 0) is 61.9 Å². The minimum atomic E-state index is -4.50. The van der Waals surface area contributed by atoms with Crippen molar-refractivity contribution in [3.8, 4) is 16.9 Å². The standard InChI is InChI=1S/C23H20F3NO5S/c1-4-32-22(29)21(28)19-13-20(15-5-11-18(12-6-15)33(30)31-3)27(14(19)2)17-9-7-16(8-10-17)23(24,25)26/h5-13H,4H2,1-3H3. The molecule has 1 aromatic heterocycles. The quantitative estimate of drug-likeness (QED) is 0.274. The molecule has 0 bridgehead atoms. The van der Waals surface area contributed by atoms with E-state index in [1.807, 2.05) is 0 Å². The summed E-state index contributed by atoms with van der Waals surface area (Å²) in [5.74, 6) is -1.89. The second-order valence-corrected chi connectivity index (χ2v) is 8.16. The van der Waals surface area contributed by atoms with Gasteiger partial charge in [-0.2, -0.15) is 13.2 Å². The Bertz CT molecular complexity index is 1200. The molecule has 1 atom stereocenters. The molecule has 174 valence electrons. The van der Waals surface area contributed by atoms with Crippen LogP contribution < -0.4 is 0 Å². The van der Waals surface area contributed by atoms with Crippen molar-refractivity contribution in [3.63, 3.8) is 0 Å². The number of aromatic nitrogens is 1. The summed E-state index contributed by atoms with van der Waals surface area (Å²) in [4.78, 5) is 25.1. The number of benzene rings is 2. The van der Waals surface area contributed by atoms with Gasteiger partial charge in [-0.15, -0.1) is 0 Å². The van der Waals surface area contributed by atoms with E-state index in [-0.39, 0.29) is 12.2 Å². The van der Waals surface area contributed by atoms with Crippen LogP contribution >= 0.6 is 0 Å². The maximum Gasteiger partial charge on any atom is 0.416 e.